The maximum atomic E-state index is 12.4. The van der Waals surface area contributed by atoms with Gasteiger partial charge in [0.25, 0.3) is 0 Å². The predicted octanol–water partition coefficient (Wildman–Crippen LogP) is -7.19. The molecule has 0 spiro atoms. The molecule has 1 fully saturated rings. The normalized spacial score (nSPS) is 21.5. The van der Waals surface area contributed by atoms with E-state index in [2.05, 4.69) is 0 Å². The van der Waals surface area contributed by atoms with Crippen LogP contribution in [-0.2, 0) is 16.0 Å². The van der Waals surface area contributed by atoms with E-state index < -0.39 is 17.9 Å². The molecular formula is C17H22BNNa2O8S. The number of carbonyl (C=O) groups excluding carboxylic acids is 2. The van der Waals surface area contributed by atoms with Crippen LogP contribution in [-0.4, -0.2) is 77.9 Å². The van der Waals surface area contributed by atoms with E-state index in [1.807, 2.05) is 0 Å². The van der Waals surface area contributed by atoms with Gasteiger partial charge in [-0.3, -0.25) is 4.79 Å². The van der Waals surface area contributed by atoms with Crippen molar-refractivity contribution in [1.82, 2.24) is 4.90 Å². The van der Waals surface area contributed by atoms with E-state index >= 15 is 0 Å². The second-order valence-corrected chi connectivity index (χ2v) is 8.06. The third-order valence-corrected chi connectivity index (χ3v) is 6.44. The van der Waals surface area contributed by atoms with E-state index in [9.17, 15) is 24.7 Å². The van der Waals surface area contributed by atoms with Gasteiger partial charge in [0.2, 0.25) is 5.91 Å². The Balaban J connectivity index is 0.00000225. The van der Waals surface area contributed by atoms with Crippen LogP contribution < -0.4 is 73.6 Å². The summed E-state index contributed by atoms with van der Waals surface area (Å²) in [6.45, 7) is -2.27. The number of ether oxygens (including phenoxy) is 2. The van der Waals surface area contributed by atoms with Gasteiger partial charge in [-0.2, -0.15) is 11.8 Å². The van der Waals surface area contributed by atoms with Gasteiger partial charge in [0.05, 0.1) is 36.2 Å². The maximum Gasteiger partial charge on any atom is 1.00 e. The van der Waals surface area contributed by atoms with Crippen LogP contribution in [0, 0.1) is 0 Å². The average Bonchev–Trinajstić information content (AvgIpc) is 3.13. The van der Waals surface area contributed by atoms with Crippen LogP contribution >= 0.6 is 11.8 Å². The number of thioether (sulfide) groups is 1. The summed E-state index contributed by atoms with van der Waals surface area (Å²) in [4.78, 5) is 25.5. The summed E-state index contributed by atoms with van der Waals surface area (Å²) < 4.78 is 15.5. The molecule has 0 aromatic heterocycles. The minimum Gasteiger partial charge on any atom is -0.669 e. The summed E-state index contributed by atoms with van der Waals surface area (Å²) in [5, 5.41) is 31.4. The predicted molar refractivity (Wildman–Crippen MR) is 100 cm³/mol. The van der Waals surface area contributed by atoms with Crippen molar-refractivity contribution in [3.05, 3.63) is 23.3 Å². The van der Waals surface area contributed by atoms with Gasteiger partial charge in [-0.15, -0.1) is 0 Å². The van der Waals surface area contributed by atoms with E-state index in [1.54, 1.807) is 18.1 Å². The first-order valence-corrected chi connectivity index (χ1v) is 9.93. The van der Waals surface area contributed by atoms with E-state index in [0.717, 1.165) is 18.2 Å². The monoisotopic (exact) mass is 457 g/mol. The van der Waals surface area contributed by atoms with Crippen molar-refractivity contribution in [1.29, 1.82) is 0 Å². The number of carbonyl (C=O) groups is 2. The summed E-state index contributed by atoms with van der Waals surface area (Å²) >= 11 is 1.07. The Labute approximate surface area is 223 Å². The van der Waals surface area contributed by atoms with Crippen molar-refractivity contribution in [2.45, 2.75) is 24.1 Å². The minimum atomic E-state index is -3.38. The van der Waals surface area contributed by atoms with Crippen LogP contribution in [0.1, 0.15) is 22.3 Å². The molecule has 0 saturated carbocycles. The first-order valence-electron chi connectivity index (χ1n) is 8.88. The third kappa shape index (κ3) is 6.09. The number of carboxylic acid groups (broad SMARTS) is 1. The Bertz CT molecular complexity index is 784. The number of carboxylic acids is 1. The molecule has 30 heavy (non-hydrogen) atoms. The van der Waals surface area contributed by atoms with Crippen molar-refractivity contribution < 1.29 is 98.0 Å². The third-order valence-electron chi connectivity index (χ3n) is 5.07. The molecule has 0 radical (unpaired) electrons. The minimum absolute atomic E-state index is 0. The number of aromatic carboxylic acids is 1. The molecule has 0 aliphatic carbocycles. The van der Waals surface area contributed by atoms with Crippen molar-refractivity contribution in [3.8, 4) is 11.5 Å². The first-order chi connectivity index (χ1) is 13.3. The van der Waals surface area contributed by atoms with Crippen molar-refractivity contribution in [3.63, 3.8) is 0 Å². The van der Waals surface area contributed by atoms with Crippen LogP contribution in [0.3, 0.4) is 0 Å². The summed E-state index contributed by atoms with van der Waals surface area (Å²) in [7, 11) is 2.90. The van der Waals surface area contributed by atoms with Crippen molar-refractivity contribution in [2.24, 2.45) is 0 Å². The first kappa shape index (κ1) is 28.1. The van der Waals surface area contributed by atoms with Gasteiger partial charge in [0, 0.05) is 20.2 Å². The molecule has 3 rings (SSSR count). The number of nitrogens with zero attached hydrogens (tertiary/aromatic N) is 1. The van der Waals surface area contributed by atoms with Crippen LogP contribution in [0.25, 0.3) is 0 Å². The molecular weight excluding hydrogens is 435 g/mol. The number of likely N-dealkylation sites (tertiary alicyclic amines) is 1. The van der Waals surface area contributed by atoms with Crippen LogP contribution in [0.4, 0.5) is 0 Å². The SMILES string of the molecule is COc1ccc2c(c1C(=O)[O-])O[B-](O)(O)[C@@H](SCC(=O)N1CCC(OC)C1)C2.[Na+].[Na+]. The molecule has 13 heteroatoms. The van der Waals surface area contributed by atoms with Crippen LogP contribution in [0.5, 0.6) is 11.5 Å². The smallest absolute Gasteiger partial charge is 0.669 e. The Morgan fingerprint density at radius 2 is 2.03 bits per heavy atom. The topological polar surface area (TPSA) is 129 Å². The quantitative estimate of drug-likeness (QED) is 0.401. The zero-order chi connectivity index (χ0) is 20.5. The Morgan fingerprint density at radius 3 is 2.60 bits per heavy atom. The fraction of sp³-hybridized carbons (Fsp3) is 0.529. The molecule has 2 aliphatic heterocycles. The number of fused-ring (bicyclic) bond motifs is 1. The number of rotatable bonds is 6. The molecule has 9 nitrogen and oxygen atoms in total. The zero-order valence-electron chi connectivity index (χ0n) is 17.6. The second-order valence-electron chi connectivity index (χ2n) is 6.84. The second kappa shape index (κ2) is 11.8. The molecule has 1 saturated heterocycles. The number of hydrogen-bond acceptors (Lipinski definition) is 9. The summed E-state index contributed by atoms with van der Waals surface area (Å²) in [6, 6.07) is 3.06. The molecule has 2 aliphatic rings. The van der Waals surface area contributed by atoms with E-state index in [4.69, 9.17) is 14.1 Å². The summed E-state index contributed by atoms with van der Waals surface area (Å²) in [5.74, 6) is -1.77. The van der Waals surface area contributed by atoms with Gasteiger partial charge >= 0.3 is 65.9 Å². The number of amides is 1. The standard InChI is InChI=1S/C17H23BNO8S.2Na/c1-25-11-5-6-19(8-11)14(20)9-28-13-7-10-3-4-12(26-2)15(17(21)22)16(10)27-18(13,23)24;;/h3-4,11,13,23-24H,5-9H2,1-2H3,(H,21,22);;/q-1;2*+1/p-1/t11?,13-;;/m0../s1. The van der Waals surface area contributed by atoms with Gasteiger partial charge in [0.15, 0.2) is 0 Å². The van der Waals surface area contributed by atoms with Gasteiger partial charge in [-0.05, 0) is 29.6 Å². The molecule has 1 aromatic carbocycles. The maximum absolute atomic E-state index is 12.4. The molecule has 2 heterocycles. The molecule has 1 unspecified atom stereocenters. The van der Waals surface area contributed by atoms with Gasteiger partial charge in [-0.1, -0.05) is 6.07 Å². The van der Waals surface area contributed by atoms with E-state index in [-0.39, 0.29) is 100 Å². The van der Waals surface area contributed by atoms with E-state index in [1.165, 1.54) is 13.2 Å². The van der Waals surface area contributed by atoms with E-state index in [0.29, 0.717) is 18.7 Å². The van der Waals surface area contributed by atoms with Crippen molar-refractivity contribution >= 4 is 30.4 Å². The van der Waals surface area contributed by atoms with Gasteiger partial charge in [-0.25, -0.2) is 0 Å². The molecule has 2 atom stereocenters. The number of benzene rings is 1. The Kier molecular flexibility index (Phi) is 11.0. The fourth-order valence-electron chi connectivity index (χ4n) is 3.49. The Morgan fingerprint density at radius 1 is 1.33 bits per heavy atom. The molecule has 154 valence electrons. The number of hydrogen-bond donors (Lipinski definition) is 2. The fourth-order valence-corrected chi connectivity index (χ4v) is 4.63. The summed E-state index contributed by atoms with van der Waals surface area (Å²) in [6.07, 6.45) is 0.927. The molecule has 1 amide bonds. The molecule has 1 aromatic rings. The largest absolute Gasteiger partial charge is 1.00 e. The van der Waals surface area contributed by atoms with Gasteiger partial charge in [0.1, 0.15) is 5.75 Å². The van der Waals surface area contributed by atoms with Crippen LogP contribution in [0.2, 0.25) is 0 Å². The van der Waals surface area contributed by atoms with Crippen LogP contribution in [0.15, 0.2) is 12.1 Å². The number of methoxy groups -OCH3 is 2. The summed E-state index contributed by atoms with van der Waals surface area (Å²) in [5.41, 5.74) is 0.114. The average molecular weight is 457 g/mol. The van der Waals surface area contributed by atoms with Crippen molar-refractivity contribution in [2.75, 3.05) is 33.1 Å². The molecule has 2 N–H and O–H groups in total. The zero-order valence-corrected chi connectivity index (χ0v) is 22.4. The van der Waals surface area contributed by atoms with Gasteiger partial charge < -0.3 is 39.0 Å². The Hall–Kier alpha value is 0.0549. The molecule has 0 bridgehead atoms.